The number of hydrogen-bond donors (Lipinski definition) is 1. The number of likely N-dealkylation sites (tertiary alicyclic amines) is 1. The van der Waals surface area contributed by atoms with Crippen LogP contribution in [0.15, 0.2) is 24.3 Å². The zero-order valence-corrected chi connectivity index (χ0v) is 14.6. The molecule has 1 heterocycles. The lowest BCUT2D eigenvalue weighted by Gasteiger charge is -2.43. The van der Waals surface area contributed by atoms with Gasteiger partial charge in [-0.15, -0.1) is 0 Å². The first kappa shape index (κ1) is 17.5. The molecule has 2 atom stereocenters. The van der Waals surface area contributed by atoms with E-state index in [2.05, 4.69) is 56.9 Å². The van der Waals surface area contributed by atoms with Crippen LogP contribution < -0.4 is 5.73 Å². The van der Waals surface area contributed by atoms with Crippen LogP contribution in [0, 0.1) is 12.8 Å². The lowest BCUT2D eigenvalue weighted by molar-refractivity contribution is -0.0288. The van der Waals surface area contributed by atoms with E-state index in [1.54, 1.807) is 0 Å². The van der Waals surface area contributed by atoms with E-state index in [1.165, 1.54) is 30.5 Å². The van der Waals surface area contributed by atoms with E-state index >= 15 is 0 Å². The van der Waals surface area contributed by atoms with Crippen LogP contribution in [0.3, 0.4) is 0 Å². The summed E-state index contributed by atoms with van der Waals surface area (Å²) in [5.41, 5.74) is 8.50. The Bertz CT molecular complexity index is 467. The van der Waals surface area contributed by atoms with Gasteiger partial charge in [0.1, 0.15) is 0 Å². The molecule has 1 aliphatic rings. The monoisotopic (exact) mass is 304 g/mol. The maximum absolute atomic E-state index is 6.18. The molecule has 2 rings (SSSR count). The van der Waals surface area contributed by atoms with Crippen molar-refractivity contribution in [1.82, 2.24) is 4.90 Å². The van der Waals surface area contributed by atoms with Crippen molar-refractivity contribution in [3.63, 3.8) is 0 Å². The average Bonchev–Trinajstić information content (AvgIpc) is 2.47. The summed E-state index contributed by atoms with van der Waals surface area (Å²) in [6, 6.07) is 8.74. The third kappa shape index (κ3) is 4.55. The molecule has 0 unspecified atom stereocenters. The molecule has 0 aromatic heterocycles. The normalized spacial score (nSPS) is 21.8. The SMILES string of the molecule is Cc1cccc([C@H](OCCN)[C@@H]2CCCN(C(C)(C)C)C2)c1. The smallest absolute Gasteiger partial charge is 0.0866 e. The molecule has 0 bridgehead atoms. The van der Waals surface area contributed by atoms with Crippen LogP contribution in [0.25, 0.3) is 0 Å². The molecule has 0 saturated carbocycles. The van der Waals surface area contributed by atoms with Crippen molar-refractivity contribution in [2.24, 2.45) is 11.7 Å². The highest BCUT2D eigenvalue weighted by atomic mass is 16.5. The van der Waals surface area contributed by atoms with Gasteiger partial charge < -0.3 is 10.5 Å². The molecule has 1 aromatic rings. The average molecular weight is 304 g/mol. The van der Waals surface area contributed by atoms with Crippen LogP contribution in [0.4, 0.5) is 0 Å². The van der Waals surface area contributed by atoms with Crippen LogP contribution >= 0.6 is 0 Å². The van der Waals surface area contributed by atoms with Gasteiger partial charge in [-0.3, -0.25) is 4.90 Å². The summed E-state index contributed by atoms with van der Waals surface area (Å²) >= 11 is 0. The fourth-order valence-corrected chi connectivity index (χ4v) is 3.41. The topological polar surface area (TPSA) is 38.5 Å². The maximum Gasteiger partial charge on any atom is 0.0866 e. The van der Waals surface area contributed by atoms with Crippen LogP contribution in [0.5, 0.6) is 0 Å². The summed E-state index contributed by atoms with van der Waals surface area (Å²) in [4.78, 5) is 2.59. The predicted molar refractivity (Wildman–Crippen MR) is 93.0 cm³/mol. The molecule has 0 amide bonds. The van der Waals surface area contributed by atoms with E-state index in [0.29, 0.717) is 19.1 Å². The number of piperidine rings is 1. The highest BCUT2D eigenvalue weighted by molar-refractivity contribution is 5.25. The van der Waals surface area contributed by atoms with Gasteiger partial charge in [0.15, 0.2) is 0 Å². The Kier molecular flexibility index (Phi) is 6.01. The fourth-order valence-electron chi connectivity index (χ4n) is 3.41. The van der Waals surface area contributed by atoms with E-state index < -0.39 is 0 Å². The number of rotatable bonds is 5. The summed E-state index contributed by atoms with van der Waals surface area (Å²) < 4.78 is 6.18. The Morgan fingerprint density at radius 3 is 2.77 bits per heavy atom. The van der Waals surface area contributed by atoms with Gasteiger partial charge in [0.05, 0.1) is 12.7 Å². The third-order valence-corrected chi connectivity index (χ3v) is 4.62. The molecular weight excluding hydrogens is 272 g/mol. The minimum atomic E-state index is 0.161. The molecule has 124 valence electrons. The van der Waals surface area contributed by atoms with Gasteiger partial charge in [0.25, 0.3) is 0 Å². The predicted octanol–water partition coefficient (Wildman–Crippen LogP) is 3.52. The largest absolute Gasteiger partial charge is 0.372 e. The van der Waals surface area contributed by atoms with Crippen molar-refractivity contribution < 1.29 is 4.74 Å². The van der Waals surface area contributed by atoms with Crippen LogP contribution in [-0.2, 0) is 4.74 Å². The maximum atomic E-state index is 6.18. The van der Waals surface area contributed by atoms with Gasteiger partial charge in [0.2, 0.25) is 0 Å². The molecule has 0 aliphatic carbocycles. The summed E-state index contributed by atoms with van der Waals surface area (Å²) in [7, 11) is 0. The lowest BCUT2D eigenvalue weighted by Crippen LogP contribution is -2.48. The number of aryl methyl sites for hydroxylation is 1. The van der Waals surface area contributed by atoms with Crippen molar-refractivity contribution in [2.45, 2.75) is 52.2 Å². The van der Waals surface area contributed by atoms with Gasteiger partial charge in [0, 0.05) is 24.5 Å². The van der Waals surface area contributed by atoms with Crippen molar-refractivity contribution in [1.29, 1.82) is 0 Å². The Morgan fingerprint density at radius 2 is 2.14 bits per heavy atom. The number of hydrogen-bond acceptors (Lipinski definition) is 3. The molecule has 0 radical (unpaired) electrons. The summed E-state index contributed by atoms with van der Waals surface area (Å²) in [5, 5.41) is 0. The van der Waals surface area contributed by atoms with E-state index in [-0.39, 0.29) is 11.6 Å². The molecule has 1 aromatic carbocycles. The van der Waals surface area contributed by atoms with E-state index in [9.17, 15) is 0 Å². The Balaban J connectivity index is 2.17. The third-order valence-electron chi connectivity index (χ3n) is 4.62. The Morgan fingerprint density at radius 1 is 1.36 bits per heavy atom. The van der Waals surface area contributed by atoms with Gasteiger partial charge >= 0.3 is 0 Å². The zero-order chi connectivity index (χ0) is 16.2. The van der Waals surface area contributed by atoms with Crippen LogP contribution in [-0.4, -0.2) is 36.7 Å². The van der Waals surface area contributed by atoms with Crippen molar-refractivity contribution >= 4 is 0 Å². The number of benzene rings is 1. The van der Waals surface area contributed by atoms with Crippen LogP contribution in [0.1, 0.15) is 50.8 Å². The molecule has 1 aliphatic heterocycles. The molecule has 1 saturated heterocycles. The zero-order valence-electron chi connectivity index (χ0n) is 14.6. The van der Waals surface area contributed by atoms with E-state index in [4.69, 9.17) is 10.5 Å². The van der Waals surface area contributed by atoms with Crippen molar-refractivity contribution in [2.75, 3.05) is 26.2 Å². The summed E-state index contributed by atoms with van der Waals surface area (Å²) in [5.74, 6) is 0.543. The molecule has 22 heavy (non-hydrogen) atoms. The quantitative estimate of drug-likeness (QED) is 0.904. The second-order valence-corrected chi connectivity index (χ2v) is 7.51. The molecule has 2 N–H and O–H groups in total. The molecule has 3 nitrogen and oxygen atoms in total. The number of nitrogens with zero attached hydrogens (tertiary/aromatic N) is 1. The van der Waals surface area contributed by atoms with Crippen molar-refractivity contribution in [3.05, 3.63) is 35.4 Å². The van der Waals surface area contributed by atoms with Gasteiger partial charge in [-0.25, -0.2) is 0 Å². The molecule has 0 spiro atoms. The second-order valence-electron chi connectivity index (χ2n) is 7.51. The highest BCUT2D eigenvalue weighted by Gasteiger charge is 2.33. The first-order valence-electron chi connectivity index (χ1n) is 8.55. The van der Waals surface area contributed by atoms with Gasteiger partial charge in [-0.2, -0.15) is 0 Å². The summed E-state index contributed by atoms with van der Waals surface area (Å²) in [6.45, 7) is 12.6. The molecule has 3 heteroatoms. The lowest BCUT2D eigenvalue weighted by atomic mass is 9.86. The van der Waals surface area contributed by atoms with Gasteiger partial charge in [-0.1, -0.05) is 29.8 Å². The Labute approximate surface area is 135 Å². The second kappa shape index (κ2) is 7.58. The van der Waals surface area contributed by atoms with Crippen LogP contribution in [0.2, 0.25) is 0 Å². The Hall–Kier alpha value is -0.900. The standard InChI is InChI=1S/C19H32N2O/c1-15-7-5-8-16(13-15)18(22-12-10-20)17-9-6-11-21(14-17)19(2,3)4/h5,7-8,13,17-18H,6,9-12,14,20H2,1-4H3/t17-,18+/m1/s1. The summed E-state index contributed by atoms with van der Waals surface area (Å²) in [6.07, 6.45) is 2.64. The highest BCUT2D eigenvalue weighted by Crippen LogP contribution is 2.35. The minimum Gasteiger partial charge on any atom is -0.372 e. The minimum absolute atomic E-state index is 0.161. The molecular formula is C19H32N2O. The van der Waals surface area contributed by atoms with E-state index in [1.807, 2.05) is 0 Å². The fraction of sp³-hybridized carbons (Fsp3) is 0.684. The molecule has 1 fully saturated rings. The van der Waals surface area contributed by atoms with Crippen molar-refractivity contribution in [3.8, 4) is 0 Å². The first-order valence-corrected chi connectivity index (χ1v) is 8.55. The van der Waals surface area contributed by atoms with Gasteiger partial charge in [-0.05, 0) is 52.6 Å². The van der Waals surface area contributed by atoms with E-state index in [0.717, 1.165) is 6.54 Å². The first-order chi connectivity index (χ1) is 10.4. The number of ether oxygens (including phenoxy) is 1. The number of nitrogens with two attached hydrogens (primary N) is 1.